The van der Waals surface area contributed by atoms with Gasteiger partial charge in [0.15, 0.2) is 0 Å². The number of carbonyl (C=O) groups excluding carboxylic acids is 1. The lowest BCUT2D eigenvalue weighted by atomic mass is 10.2. The van der Waals surface area contributed by atoms with Crippen LogP contribution in [0.2, 0.25) is 0 Å². The molecule has 0 saturated carbocycles. The summed E-state index contributed by atoms with van der Waals surface area (Å²) in [5, 5.41) is 9.86. The highest BCUT2D eigenvalue weighted by molar-refractivity contribution is 5.77. The van der Waals surface area contributed by atoms with Crippen LogP contribution in [-0.4, -0.2) is 11.9 Å². The van der Waals surface area contributed by atoms with Crippen LogP contribution >= 0.6 is 0 Å². The van der Waals surface area contributed by atoms with E-state index < -0.39 is 5.63 Å². The lowest BCUT2D eigenvalue weighted by molar-refractivity contribution is -0.0979. The van der Waals surface area contributed by atoms with Crippen LogP contribution in [0.1, 0.15) is 0 Å². The minimum atomic E-state index is -0.409. The summed E-state index contributed by atoms with van der Waals surface area (Å²) in [4.78, 5) is 18.7. The van der Waals surface area contributed by atoms with Crippen molar-refractivity contribution in [2.75, 3.05) is 0 Å². The van der Waals surface area contributed by atoms with E-state index in [9.17, 15) is 4.79 Å². The van der Waals surface area contributed by atoms with Crippen LogP contribution in [0.25, 0.3) is 11.0 Å². The van der Waals surface area contributed by atoms with Crippen LogP contribution in [0.15, 0.2) is 39.5 Å². The van der Waals surface area contributed by atoms with E-state index in [1.165, 1.54) is 12.1 Å². The molecule has 0 radical (unpaired) electrons. The van der Waals surface area contributed by atoms with E-state index in [2.05, 4.69) is 0 Å². The van der Waals surface area contributed by atoms with Crippen molar-refractivity contribution < 1.29 is 14.3 Å². The molecule has 0 bridgehead atoms. The fourth-order valence-corrected chi connectivity index (χ4v) is 1.05. The van der Waals surface area contributed by atoms with Crippen LogP contribution in [0, 0.1) is 0 Å². The van der Waals surface area contributed by atoms with Gasteiger partial charge in [-0.25, -0.2) is 4.79 Å². The molecule has 0 fully saturated rings. The molecule has 14 heavy (non-hydrogen) atoms. The molecular weight excluding hydrogens is 184 g/mol. The largest absolute Gasteiger partial charge is 0.508 e. The van der Waals surface area contributed by atoms with Crippen LogP contribution in [0.5, 0.6) is 5.75 Å². The number of carbonyl (C=O) groups is 1. The summed E-state index contributed by atoms with van der Waals surface area (Å²) in [7, 11) is 0. The maximum atomic E-state index is 10.7. The fourth-order valence-electron chi connectivity index (χ4n) is 1.05. The number of phenols is 1. The van der Waals surface area contributed by atoms with Gasteiger partial charge in [0.1, 0.15) is 18.1 Å². The summed E-state index contributed by atoms with van der Waals surface area (Å²) in [6.07, 6.45) is 0. The van der Waals surface area contributed by atoms with Gasteiger partial charge in [-0.3, -0.25) is 0 Å². The van der Waals surface area contributed by atoms with Crippen molar-refractivity contribution in [3.8, 4) is 5.75 Å². The molecule has 4 nitrogen and oxygen atoms in total. The Labute approximate surface area is 79.4 Å². The third-order valence-corrected chi connectivity index (χ3v) is 1.61. The fraction of sp³-hybridized carbons (Fsp3) is 0. The Morgan fingerprint density at radius 2 is 1.79 bits per heavy atom. The number of aromatic hydroxyl groups is 1. The second-order valence-electron chi connectivity index (χ2n) is 2.48. The van der Waals surface area contributed by atoms with Gasteiger partial charge in [0.2, 0.25) is 0 Å². The molecule has 2 aromatic rings. The molecule has 72 valence electrons. The first-order valence-electron chi connectivity index (χ1n) is 3.77. The van der Waals surface area contributed by atoms with E-state index in [1.807, 2.05) is 6.79 Å². The maximum Gasteiger partial charge on any atom is 0.336 e. The van der Waals surface area contributed by atoms with Crippen molar-refractivity contribution in [1.82, 2.24) is 0 Å². The maximum absolute atomic E-state index is 10.7. The Hall–Kier alpha value is -2.10. The highest BCUT2D eigenvalue weighted by Crippen LogP contribution is 2.17. The van der Waals surface area contributed by atoms with Gasteiger partial charge in [0, 0.05) is 17.5 Å². The lowest BCUT2D eigenvalue weighted by Crippen LogP contribution is -1.93. The molecule has 0 spiro atoms. The van der Waals surface area contributed by atoms with Gasteiger partial charge >= 0.3 is 5.63 Å². The molecule has 0 unspecified atom stereocenters. The molecule has 1 heterocycles. The van der Waals surface area contributed by atoms with Crippen molar-refractivity contribution in [2.45, 2.75) is 0 Å². The van der Waals surface area contributed by atoms with Crippen molar-refractivity contribution in [2.24, 2.45) is 0 Å². The summed E-state index contributed by atoms with van der Waals surface area (Å²) in [6, 6.07) is 7.65. The van der Waals surface area contributed by atoms with E-state index >= 15 is 0 Å². The monoisotopic (exact) mass is 192 g/mol. The Morgan fingerprint density at radius 3 is 2.50 bits per heavy atom. The van der Waals surface area contributed by atoms with Crippen molar-refractivity contribution in [3.63, 3.8) is 0 Å². The molecule has 4 heteroatoms. The van der Waals surface area contributed by atoms with Crippen molar-refractivity contribution >= 4 is 17.8 Å². The first-order valence-corrected chi connectivity index (χ1v) is 3.77. The Balaban J connectivity index is 0.000000461. The van der Waals surface area contributed by atoms with Gasteiger partial charge in [-0.15, -0.1) is 0 Å². The van der Waals surface area contributed by atoms with Gasteiger partial charge in [-0.2, -0.15) is 0 Å². The second kappa shape index (κ2) is 4.23. The van der Waals surface area contributed by atoms with Crippen LogP contribution < -0.4 is 5.63 Å². The standard InChI is InChI=1S/C9H6O3.CH2O/c10-7-3-1-6-2-4-9(11)12-8(6)5-7;1-2/h1-5,10H;1H2. The minimum Gasteiger partial charge on any atom is -0.508 e. The molecule has 0 atom stereocenters. The van der Waals surface area contributed by atoms with Gasteiger partial charge < -0.3 is 14.3 Å². The number of hydrogen-bond donors (Lipinski definition) is 1. The first-order chi connectivity index (χ1) is 6.75. The molecule has 0 aliphatic rings. The van der Waals surface area contributed by atoms with Gasteiger partial charge in [0.25, 0.3) is 0 Å². The van der Waals surface area contributed by atoms with Gasteiger partial charge in [0.05, 0.1) is 0 Å². The predicted octanol–water partition coefficient (Wildman–Crippen LogP) is 1.31. The number of benzene rings is 1. The van der Waals surface area contributed by atoms with E-state index in [-0.39, 0.29) is 5.75 Å². The van der Waals surface area contributed by atoms with Gasteiger partial charge in [-0.05, 0) is 18.2 Å². The number of fused-ring (bicyclic) bond motifs is 1. The average Bonchev–Trinajstić information content (AvgIpc) is 2.20. The van der Waals surface area contributed by atoms with E-state index in [4.69, 9.17) is 14.3 Å². The van der Waals surface area contributed by atoms with E-state index in [0.29, 0.717) is 5.58 Å². The molecule has 0 aliphatic carbocycles. The summed E-state index contributed by atoms with van der Waals surface area (Å²) >= 11 is 0. The highest BCUT2D eigenvalue weighted by Gasteiger charge is 1.96. The average molecular weight is 192 g/mol. The Morgan fingerprint density at radius 1 is 1.14 bits per heavy atom. The van der Waals surface area contributed by atoms with Crippen LogP contribution in [-0.2, 0) is 4.79 Å². The minimum absolute atomic E-state index is 0.0943. The third-order valence-electron chi connectivity index (χ3n) is 1.61. The summed E-state index contributed by atoms with van der Waals surface area (Å²) < 4.78 is 4.83. The molecular formula is C10H8O4. The summed E-state index contributed by atoms with van der Waals surface area (Å²) in [5.41, 5.74) is -0.00407. The number of hydrogen-bond acceptors (Lipinski definition) is 4. The zero-order chi connectivity index (χ0) is 10.6. The quantitative estimate of drug-likeness (QED) is 0.639. The number of phenolic OH excluding ortho intramolecular Hbond substituents is 1. The van der Waals surface area contributed by atoms with E-state index in [0.717, 1.165) is 5.39 Å². The third kappa shape index (κ3) is 1.98. The lowest BCUT2D eigenvalue weighted by Gasteiger charge is -1.94. The SMILES string of the molecule is C=O.O=c1ccc2ccc(O)cc2o1. The molecule has 1 aromatic carbocycles. The Kier molecular flexibility index (Phi) is 3.01. The zero-order valence-electron chi connectivity index (χ0n) is 7.27. The van der Waals surface area contributed by atoms with Crippen molar-refractivity contribution in [3.05, 3.63) is 40.8 Å². The molecule has 1 aromatic heterocycles. The molecule has 0 amide bonds. The van der Waals surface area contributed by atoms with Gasteiger partial charge in [-0.1, -0.05) is 0 Å². The second-order valence-corrected chi connectivity index (χ2v) is 2.48. The Bertz CT molecular complexity index is 487. The topological polar surface area (TPSA) is 67.5 Å². The smallest absolute Gasteiger partial charge is 0.336 e. The van der Waals surface area contributed by atoms with E-state index in [1.54, 1.807) is 18.2 Å². The zero-order valence-corrected chi connectivity index (χ0v) is 7.27. The predicted molar refractivity (Wildman–Crippen MR) is 51.3 cm³/mol. The normalized spacial score (nSPS) is 9.14. The molecule has 1 N–H and O–H groups in total. The van der Waals surface area contributed by atoms with Crippen LogP contribution in [0.4, 0.5) is 0 Å². The summed E-state index contributed by atoms with van der Waals surface area (Å²) in [6.45, 7) is 2.00. The van der Waals surface area contributed by atoms with Crippen LogP contribution in [0.3, 0.4) is 0 Å². The highest BCUT2D eigenvalue weighted by atomic mass is 16.4. The number of rotatable bonds is 0. The molecule has 0 saturated heterocycles. The first kappa shape index (κ1) is 9.98. The summed E-state index contributed by atoms with van der Waals surface area (Å²) in [5.74, 6) is 0.0943. The molecule has 0 aliphatic heterocycles. The van der Waals surface area contributed by atoms with Crippen molar-refractivity contribution in [1.29, 1.82) is 0 Å². The molecule has 2 rings (SSSR count).